The number of amides is 1. The minimum Gasteiger partial charge on any atom is -0.465 e. The summed E-state index contributed by atoms with van der Waals surface area (Å²) in [5.74, 6) is -0.385. The molecule has 3 aromatic rings. The molecule has 0 saturated carbocycles. The number of thiophene rings is 1. The van der Waals surface area contributed by atoms with Gasteiger partial charge in [-0.1, -0.05) is 48.5 Å². The van der Waals surface area contributed by atoms with Gasteiger partial charge in [0.2, 0.25) is 0 Å². The molecule has 32 heavy (non-hydrogen) atoms. The zero-order valence-electron chi connectivity index (χ0n) is 18.1. The largest absolute Gasteiger partial charge is 0.465 e. The number of esters is 1. The lowest BCUT2D eigenvalue weighted by atomic mass is 9.95. The van der Waals surface area contributed by atoms with Crippen LogP contribution in [0.1, 0.15) is 43.7 Å². The summed E-state index contributed by atoms with van der Waals surface area (Å²) in [6.45, 7) is 2.87. The second kappa shape index (κ2) is 9.83. The van der Waals surface area contributed by atoms with Crippen molar-refractivity contribution in [3.63, 3.8) is 0 Å². The number of rotatable bonds is 5. The number of aryl methyl sites for hydroxylation is 1. The van der Waals surface area contributed by atoms with Crippen molar-refractivity contribution >= 4 is 29.0 Å². The van der Waals surface area contributed by atoms with E-state index < -0.39 is 0 Å². The number of benzene rings is 2. The molecular weight excluding hydrogens is 422 g/mol. The van der Waals surface area contributed by atoms with Crippen LogP contribution in [0, 0.1) is 6.92 Å². The predicted molar refractivity (Wildman–Crippen MR) is 126 cm³/mol. The zero-order valence-corrected chi connectivity index (χ0v) is 18.9. The van der Waals surface area contributed by atoms with E-state index in [1.807, 2.05) is 42.5 Å². The summed E-state index contributed by atoms with van der Waals surface area (Å²) in [5.41, 5.74) is 3.56. The Balaban J connectivity index is 1.60. The van der Waals surface area contributed by atoms with Gasteiger partial charge in [0.15, 0.2) is 0 Å². The Bertz CT molecular complexity index is 1120. The Kier molecular flexibility index (Phi) is 6.71. The molecule has 5 nitrogen and oxygen atoms in total. The van der Waals surface area contributed by atoms with Gasteiger partial charge in [-0.2, -0.15) is 0 Å². The first-order chi connectivity index (χ1) is 15.5. The number of carbonyl (C=O) groups is 2. The highest BCUT2D eigenvalue weighted by atomic mass is 32.1. The van der Waals surface area contributed by atoms with E-state index in [1.54, 1.807) is 28.4 Å². The van der Waals surface area contributed by atoms with Crippen LogP contribution in [-0.4, -0.2) is 30.6 Å². The molecule has 0 unspecified atom stereocenters. The molecule has 1 atom stereocenters. The zero-order chi connectivity index (χ0) is 22.5. The summed E-state index contributed by atoms with van der Waals surface area (Å²) in [4.78, 5) is 29.1. The van der Waals surface area contributed by atoms with Gasteiger partial charge in [0.25, 0.3) is 0 Å². The summed E-state index contributed by atoms with van der Waals surface area (Å²) < 4.78 is 10.4. The summed E-state index contributed by atoms with van der Waals surface area (Å²) in [6, 6.07) is 20.8. The van der Waals surface area contributed by atoms with E-state index in [-0.39, 0.29) is 24.7 Å². The highest BCUT2D eigenvalue weighted by Gasteiger charge is 2.29. The van der Waals surface area contributed by atoms with E-state index in [1.165, 1.54) is 22.4 Å². The lowest BCUT2D eigenvalue weighted by Gasteiger charge is -2.34. The number of hydrogen-bond donors (Lipinski definition) is 0. The van der Waals surface area contributed by atoms with Crippen molar-refractivity contribution in [1.29, 1.82) is 0 Å². The van der Waals surface area contributed by atoms with Crippen LogP contribution in [0.25, 0.3) is 5.57 Å². The van der Waals surface area contributed by atoms with E-state index in [9.17, 15) is 9.59 Å². The summed E-state index contributed by atoms with van der Waals surface area (Å²) in [7, 11) is 1.36. The molecule has 1 aliphatic rings. The van der Waals surface area contributed by atoms with Gasteiger partial charge < -0.3 is 9.47 Å². The smallest absolute Gasteiger partial charge is 0.410 e. The Morgan fingerprint density at radius 3 is 2.44 bits per heavy atom. The molecule has 0 aliphatic carbocycles. The first-order valence-electron chi connectivity index (χ1n) is 10.5. The fourth-order valence-corrected chi connectivity index (χ4v) is 4.69. The van der Waals surface area contributed by atoms with Crippen molar-refractivity contribution in [2.75, 3.05) is 13.7 Å². The number of hydrogen-bond acceptors (Lipinski definition) is 5. The van der Waals surface area contributed by atoms with Crippen LogP contribution in [0.4, 0.5) is 4.79 Å². The number of ether oxygens (including phenoxy) is 2. The van der Waals surface area contributed by atoms with Crippen LogP contribution in [0.5, 0.6) is 0 Å². The lowest BCUT2D eigenvalue weighted by molar-refractivity contribution is 0.0600. The Morgan fingerprint density at radius 2 is 1.78 bits per heavy atom. The second-order valence-electron chi connectivity index (χ2n) is 7.64. The molecule has 0 radical (unpaired) electrons. The van der Waals surface area contributed by atoms with Crippen LogP contribution in [-0.2, 0) is 16.1 Å². The van der Waals surface area contributed by atoms with E-state index in [0.717, 1.165) is 17.5 Å². The first kappa shape index (κ1) is 21.8. The van der Waals surface area contributed by atoms with E-state index in [0.29, 0.717) is 12.1 Å². The standard InChI is InChI=1S/C26H25NO4S/c1-18-8-13-24(32-18)22-14-15-27(26(29)31-17-19-6-4-3-5-7-19)23(16-22)20-9-11-21(12-10-20)25(28)30-2/h3-13,16,23H,14-15,17H2,1-2H3/t23-/m0/s1. The van der Waals surface area contributed by atoms with Gasteiger partial charge in [0.05, 0.1) is 18.7 Å². The van der Waals surface area contributed by atoms with Gasteiger partial charge in [0.1, 0.15) is 6.61 Å². The highest BCUT2D eigenvalue weighted by Crippen LogP contribution is 2.36. The molecule has 164 valence electrons. The van der Waals surface area contributed by atoms with Crippen LogP contribution in [0.15, 0.2) is 72.8 Å². The summed E-state index contributed by atoms with van der Waals surface area (Å²) in [6.07, 6.45) is 2.54. The topological polar surface area (TPSA) is 55.8 Å². The molecule has 6 heteroatoms. The van der Waals surface area contributed by atoms with Crippen LogP contribution in [0.2, 0.25) is 0 Å². The maximum Gasteiger partial charge on any atom is 0.410 e. The van der Waals surface area contributed by atoms with E-state index >= 15 is 0 Å². The van der Waals surface area contributed by atoms with Crippen molar-refractivity contribution in [1.82, 2.24) is 4.90 Å². The molecular formula is C26H25NO4S. The number of carbonyl (C=O) groups excluding carboxylic acids is 2. The van der Waals surface area contributed by atoms with Crippen LogP contribution in [0.3, 0.4) is 0 Å². The monoisotopic (exact) mass is 447 g/mol. The normalized spacial score (nSPS) is 15.8. The van der Waals surface area contributed by atoms with Crippen LogP contribution >= 0.6 is 11.3 Å². The number of methoxy groups -OCH3 is 1. The van der Waals surface area contributed by atoms with Crippen molar-refractivity contribution in [3.8, 4) is 0 Å². The van der Waals surface area contributed by atoms with Gasteiger partial charge in [-0.3, -0.25) is 4.90 Å². The molecule has 2 heterocycles. The fourth-order valence-electron chi connectivity index (χ4n) is 3.77. The maximum absolute atomic E-state index is 13.0. The van der Waals surface area contributed by atoms with Gasteiger partial charge in [0, 0.05) is 16.3 Å². The Morgan fingerprint density at radius 1 is 1.03 bits per heavy atom. The van der Waals surface area contributed by atoms with Crippen molar-refractivity contribution < 1.29 is 19.1 Å². The minimum absolute atomic E-state index is 0.227. The van der Waals surface area contributed by atoms with Gasteiger partial charge >= 0.3 is 12.1 Å². The average molecular weight is 448 g/mol. The molecule has 2 aromatic carbocycles. The molecule has 0 N–H and O–H groups in total. The summed E-state index contributed by atoms with van der Waals surface area (Å²) >= 11 is 1.75. The average Bonchev–Trinajstić information content (AvgIpc) is 3.28. The Hall–Kier alpha value is -3.38. The molecule has 1 aromatic heterocycles. The van der Waals surface area contributed by atoms with Gasteiger partial charge in [-0.05, 0) is 54.3 Å². The Labute approximate surface area is 191 Å². The predicted octanol–water partition coefficient (Wildman–Crippen LogP) is 6.01. The fraction of sp³-hybridized carbons (Fsp3) is 0.231. The van der Waals surface area contributed by atoms with E-state index in [4.69, 9.17) is 9.47 Å². The third-order valence-corrected chi connectivity index (χ3v) is 6.56. The molecule has 0 fully saturated rings. The SMILES string of the molecule is COC(=O)c1ccc([C@@H]2C=C(c3ccc(C)s3)CCN2C(=O)OCc2ccccc2)cc1. The van der Waals surface area contributed by atoms with Gasteiger partial charge in [-0.25, -0.2) is 9.59 Å². The molecule has 1 amide bonds. The molecule has 4 rings (SSSR count). The quantitative estimate of drug-likeness (QED) is 0.450. The second-order valence-corrected chi connectivity index (χ2v) is 8.93. The lowest BCUT2D eigenvalue weighted by Crippen LogP contribution is -2.37. The number of nitrogens with zero attached hydrogens (tertiary/aromatic N) is 1. The highest BCUT2D eigenvalue weighted by molar-refractivity contribution is 7.13. The van der Waals surface area contributed by atoms with Gasteiger partial charge in [-0.15, -0.1) is 11.3 Å². The van der Waals surface area contributed by atoms with Crippen molar-refractivity contribution in [2.45, 2.75) is 26.0 Å². The molecule has 0 spiro atoms. The molecule has 1 aliphatic heterocycles. The van der Waals surface area contributed by atoms with Crippen LogP contribution < -0.4 is 0 Å². The third kappa shape index (κ3) is 4.92. The molecule has 0 bridgehead atoms. The first-order valence-corrected chi connectivity index (χ1v) is 11.3. The van der Waals surface area contributed by atoms with Crippen molar-refractivity contribution in [3.05, 3.63) is 99.3 Å². The minimum atomic E-state index is -0.385. The van der Waals surface area contributed by atoms with E-state index in [2.05, 4.69) is 25.1 Å². The summed E-state index contributed by atoms with van der Waals surface area (Å²) in [5, 5.41) is 0. The molecule has 0 saturated heterocycles. The maximum atomic E-state index is 13.0. The third-order valence-electron chi connectivity index (χ3n) is 5.49. The van der Waals surface area contributed by atoms with Crippen molar-refractivity contribution in [2.24, 2.45) is 0 Å².